The van der Waals surface area contributed by atoms with Crippen LogP contribution in [0.3, 0.4) is 0 Å². The molecule has 0 amide bonds. The summed E-state index contributed by atoms with van der Waals surface area (Å²) in [6, 6.07) is 3.61. The molecule has 0 unspecified atom stereocenters. The first kappa shape index (κ1) is 10.5. The zero-order valence-corrected chi connectivity index (χ0v) is 8.23. The van der Waals surface area contributed by atoms with E-state index in [1.54, 1.807) is 6.07 Å². The molecule has 1 aromatic rings. The van der Waals surface area contributed by atoms with Crippen LogP contribution in [0.2, 0.25) is 0 Å². The smallest absolute Gasteiger partial charge is 0.251 e. The summed E-state index contributed by atoms with van der Waals surface area (Å²) in [4.78, 5) is 0. The highest BCUT2D eigenvalue weighted by Crippen LogP contribution is 2.11. The lowest BCUT2D eigenvalue weighted by molar-refractivity contribution is 0.290. The van der Waals surface area contributed by atoms with Crippen molar-refractivity contribution < 1.29 is 4.74 Å². The average Bonchev–Trinajstić information content (AvgIpc) is 2.25. The largest absolute Gasteiger partial charge is 0.476 e. The maximum absolute atomic E-state index is 8.72. The van der Waals surface area contributed by atoms with Crippen molar-refractivity contribution in [3.8, 4) is 11.9 Å². The summed E-state index contributed by atoms with van der Waals surface area (Å²) in [5, 5.41) is 16.1. The first-order valence-corrected chi connectivity index (χ1v) is 4.73. The maximum Gasteiger partial charge on any atom is 0.251 e. The van der Waals surface area contributed by atoms with Crippen LogP contribution < -0.4 is 4.74 Å². The minimum absolute atomic E-state index is 0.339. The Kier molecular flexibility index (Phi) is 4.42. The van der Waals surface area contributed by atoms with E-state index in [1.807, 2.05) is 6.07 Å². The lowest BCUT2D eigenvalue weighted by atomic mass is 10.3. The molecule has 0 atom stereocenters. The quantitative estimate of drug-likeness (QED) is 0.667. The Morgan fingerprint density at radius 3 is 3.07 bits per heavy atom. The Hall–Kier alpha value is -1.63. The zero-order valence-electron chi connectivity index (χ0n) is 8.23. The molecular formula is C10H13N3O. The van der Waals surface area contributed by atoms with Crippen LogP contribution in [0, 0.1) is 11.3 Å². The Bertz CT molecular complexity index is 319. The highest BCUT2D eigenvalue weighted by Gasteiger charge is 2.03. The first-order valence-electron chi connectivity index (χ1n) is 4.73. The van der Waals surface area contributed by atoms with Crippen molar-refractivity contribution in [3.05, 3.63) is 17.8 Å². The minimum atomic E-state index is 0.339. The third-order valence-corrected chi connectivity index (χ3v) is 1.79. The SMILES string of the molecule is CCCCCOc1nnccc1C#N. The van der Waals surface area contributed by atoms with Crippen molar-refractivity contribution in [1.82, 2.24) is 10.2 Å². The lowest BCUT2D eigenvalue weighted by Crippen LogP contribution is -2.01. The van der Waals surface area contributed by atoms with Gasteiger partial charge in [0.15, 0.2) is 0 Å². The molecular weight excluding hydrogens is 178 g/mol. The van der Waals surface area contributed by atoms with Crippen LogP contribution in [0.15, 0.2) is 12.3 Å². The number of hydrogen-bond acceptors (Lipinski definition) is 4. The molecule has 0 aliphatic rings. The number of unbranched alkanes of at least 4 members (excludes halogenated alkanes) is 2. The van der Waals surface area contributed by atoms with Gasteiger partial charge in [0.2, 0.25) is 0 Å². The molecule has 4 nitrogen and oxygen atoms in total. The third kappa shape index (κ3) is 3.02. The van der Waals surface area contributed by atoms with Gasteiger partial charge in [-0.05, 0) is 12.5 Å². The van der Waals surface area contributed by atoms with E-state index in [1.165, 1.54) is 6.20 Å². The highest BCUT2D eigenvalue weighted by atomic mass is 16.5. The van der Waals surface area contributed by atoms with Gasteiger partial charge in [0, 0.05) is 0 Å². The van der Waals surface area contributed by atoms with Gasteiger partial charge in [0.1, 0.15) is 11.6 Å². The van der Waals surface area contributed by atoms with E-state index in [4.69, 9.17) is 10.00 Å². The second-order valence-corrected chi connectivity index (χ2v) is 2.92. The number of aromatic nitrogens is 2. The molecule has 0 spiro atoms. The molecule has 0 bridgehead atoms. The molecule has 0 saturated heterocycles. The molecule has 0 radical (unpaired) electrons. The van der Waals surface area contributed by atoms with Gasteiger partial charge in [-0.3, -0.25) is 0 Å². The lowest BCUT2D eigenvalue weighted by Gasteiger charge is -2.04. The summed E-state index contributed by atoms with van der Waals surface area (Å²) in [7, 11) is 0. The molecule has 14 heavy (non-hydrogen) atoms. The topological polar surface area (TPSA) is 58.8 Å². The van der Waals surface area contributed by atoms with Gasteiger partial charge in [-0.2, -0.15) is 10.4 Å². The van der Waals surface area contributed by atoms with Crippen molar-refractivity contribution in [2.24, 2.45) is 0 Å². The standard InChI is InChI=1S/C10H13N3O/c1-2-3-4-7-14-10-9(8-11)5-6-12-13-10/h5-6H,2-4,7H2,1H3. The molecule has 0 saturated carbocycles. The van der Waals surface area contributed by atoms with Gasteiger partial charge in [0.05, 0.1) is 12.8 Å². The van der Waals surface area contributed by atoms with Crippen molar-refractivity contribution in [3.63, 3.8) is 0 Å². The van der Waals surface area contributed by atoms with Crippen LogP contribution in [0.5, 0.6) is 5.88 Å². The van der Waals surface area contributed by atoms with Crippen LogP contribution in [0.4, 0.5) is 0 Å². The third-order valence-electron chi connectivity index (χ3n) is 1.79. The predicted octanol–water partition coefficient (Wildman–Crippen LogP) is 1.92. The predicted molar refractivity (Wildman–Crippen MR) is 51.8 cm³/mol. The van der Waals surface area contributed by atoms with Crippen LogP contribution in [0.1, 0.15) is 31.7 Å². The van der Waals surface area contributed by atoms with Crippen LogP contribution in [-0.2, 0) is 0 Å². The molecule has 0 aromatic carbocycles. The van der Waals surface area contributed by atoms with Crippen molar-refractivity contribution in [2.75, 3.05) is 6.61 Å². The van der Waals surface area contributed by atoms with Gasteiger partial charge in [0.25, 0.3) is 5.88 Å². The summed E-state index contributed by atoms with van der Waals surface area (Å²) in [5.74, 6) is 0.339. The molecule has 1 heterocycles. The Morgan fingerprint density at radius 1 is 1.50 bits per heavy atom. The summed E-state index contributed by atoms with van der Waals surface area (Å²) in [6.07, 6.45) is 4.74. The van der Waals surface area contributed by atoms with Crippen LogP contribution in [-0.4, -0.2) is 16.8 Å². The number of nitriles is 1. The van der Waals surface area contributed by atoms with E-state index in [9.17, 15) is 0 Å². The Labute approximate surface area is 83.5 Å². The van der Waals surface area contributed by atoms with Crippen molar-refractivity contribution >= 4 is 0 Å². The summed E-state index contributed by atoms with van der Waals surface area (Å²) >= 11 is 0. The van der Waals surface area contributed by atoms with Crippen LogP contribution in [0.25, 0.3) is 0 Å². The number of nitrogens with zero attached hydrogens (tertiary/aromatic N) is 3. The fourth-order valence-electron chi connectivity index (χ4n) is 1.03. The fraction of sp³-hybridized carbons (Fsp3) is 0.500. The number of rotatable bonds is 5. The van der Waals surface area contributed by atoms with Gasteiger partial charge >= 0.3 is 0 Å². The molecule has 0 aliphatic heterocycles. The van der Waals surface area contributed by atoms with Gasteiger partial charge in [-0.15, -0.1) is 5.10 Å². The number of ether oxygens (including phenoxy) is 1. The second-order valence-electron chi connectivity index (χ2n) is 2.92. The second kappa shape index (κ2) is 5.92. The normalized spacial score (nSPS) is 9.43. The van der Waals surface area contributed by atoms with Gasteiger partial charge < -0.3 is 4.74 Å². The summed E-state index contributed by atoms with van der Waals surface area (Å²) in [5.41, 5.74) is 0.441. The highest BCUT2D eigenvalue weighted by molar-refractivity contribution is 5.35. The number of hydrogen-bond donors (Lipinski definition) is 0. The van der Waals surface area contributed by atoms with E-state index in [0.29, 0.717) is 18.1 Å². The molecule has 1 aromatic heterocycles. The molecule has 0 aliphatic carbocycles. The molecule has 0 fully saturated rings. The monoisotopic (exact) mass is 191 g/mol. The summed E-state index contributed by atoms with van der Waals surface area (Å²) < 4.78 is 5.33. The molecule has 4 heteroatoms. The van der Waals surface area contributed by atoms with E-state index in [0.717, 1.165) is 19.3 Å². The molecule has 74 valence electrons. The zero-order chi connectivity index (χ0) is 10.2. The van der Waals surface area contributed by atoms with Crippen LogP contribution >= 0.6 is 0 Å². The van der Waals surface area contributed by atoms with Gasteiger partial charge in [-0.25, -0.2) is 0 Å². The summed E-state index contributed by atoms with van der Waals surface area (Å²) in [6.45, 7) is 2.73. The molecule has 1 rings (SSSR count). The fourth-order valence-corrected chi connectivity index (χ4v) is 1.03. The van der Waals surface area contributed by atoms with Crippen molar-refractivity contribution in [2.45, 2.75) is 26.2 Å². The van der Waals surface area contributed by atoms with E-state index in [2.05, 4.69) is 17.1 Å². The average molecular weight is 191 g/mol. The minimum Gasteiger partial charge on any atom is -0.476 e. The first-order chi connectivity index (χ1) is 6.88. The Balaban J connectivity index is 2.46. The van der Waals surface area contributed by atoms with E-state index < -0.39 is 0 Å². The van der Waals surface area contributed by atoms with E-state index in [-0.39, 0.29) is 0 Å². The van der Waals surface area contributed by atoms with Crippen molar-refractivity contribution in [1.29, 1.82) is 5.26 Å². The maximum atomic E-state index is 8.72. The van der Waals surface area contributed by atoms with Gasteiger partial charge in [-0.1, -0.05) is 19.8 Å². The molecule has 0 N–H and O–H groups in total. The van der Waals surface area contributed by atoms with E-state index >= 15 is 0 Å². The Morgan fingerprint density at radius 2 is 2.36 bits per heavy atom.